The van der Waals surface area contributed by atoms with Crippen LogP contribution in [0.2, 0.25) is 0 Å². The molecule has 1 fully saturated rings. The minimum Gasteiger partial charge on any atom is -0.384 e. The molecule has 1 aliphatic rings. The summed E-state index contributed by atoms with van der Waals surface area (Å²) in [5.41, 5.74) is 1.63. The largest absolute Gasteiger partial charge is 0.384 e. The second-order valence-electron chi connectivity index (χ2n) is 8.36. The van der Waals surface area contributed by atoms with Gasteiger partial charge in [-0.25, -0.2) is 0 Å². The Balaban J connectivity index is 1.62. The van der Waals surface area contributed by atoms with E-state index in [2.05, 4.69) is 36.1 Å². The third-order valence-corrected chi connectivity index (χ3v) is 6.42. The van der Waals surface area contributed by atoms with Gasteiger partial charge in [-0.05, 0) is 30.9 Å². The van der Waals surface area contributed by atoms with Crippen LogP contribution in [-0.4, -0.2) is 34.9 Å². The first-order valence-electron chi connectivity index (χ1n) is 10.7. The number of rotatable bonds is 6. The number of piperidine rings is 1. The zero-order valence-corrected chi connectivity index (χ0v) is 17.4. The van der Waals surface area contributed by atoms with E-state index < -0.39 is 11.5 Å². The summed E-state index contributed by atoms with van der Waals surface area (Å²) in [5, 5.41) is 11.8. The molecule has 3 heteroatoms. The molecule has 1 N–H and O–H groups in total. The molecule has 0 aromatic heterocycles. The van der Waals surface area contributed by atoms with Crippen LogP contribution < -0.4 is 0 Å². The van der Waals surface area contributed by atoms with Gasteiger partial charge in [0, 0.05) is 24.7 Å². The minimum atomic E-state index is -1.16. The summed E-state index contributed by atoms with van der Waals surface area (Å²) in [6, 6.07) is 29.8. The summed E-state index contributed by atoms with van der Waals surface area (Å²) < 4.78 is 0. The number of likely N-dealkylation sites (tertiary alicyclic amines) is 1. The summed E-state index contributed by atoms with van der Waals surface area (Å²) in [4.78, 5) is 15.9. The van der Waals surface area contributed by atoms with E-state index in [0.29, 0.717) is 24.6 Å². The lowest BCUT2D eigenvalue weighted by Gasteiger charge is -2.46. The summed E-state index contributed by atoms with van der Waals surface area (Å²) in [7, 11) is 0. The molecule has 3 unspecified atom stereocenters. The fourth-order valence-corrected chi connectivity index (χ4v) is 4.63. The normalized spacial score (nSPS) is 23.1. The third kappa shape index (κ3) is 4.23. The van der Waals surface area contributed by atoms with Crippen LogP contribution in [0.3, 0.4) is 0 Å². The molecule has 3 nitrogen and oxygen atoms in total. The van der Waals surface area contributed by atoms with Crippen LogP contribution in [-0.2, 0) is 12.0 Å². The lowest BCUT2D eigenvalue weighted by Crippen LogP contribution is -2.55. The van der Waals surface area contributed by atoms with Crippen molar-refractivity contribution < 1.29 is 9.90 Å². The molecule has 0 amide bonds. The number of Topliss-reactive ketones (excluding diaryl/α,β-unsaturated/α-hetero) is 1. The predicted molar refractivity (Wildman–Crippen MR) is 120 cm³/mol. The number of aliphatic hydroxyl groups is 1. The molecule has 0 bridgehead atoms. The standard InChI is InChI=1S/C27H29NO2/c1-21(19-22-11-5-2-6-12-22)28-18-17-27(30,24-15-9-4-10-16-24)25(20-28)26(29)23-13-7-3-8-14-23/h2-16,21,25,30H,17-20H2,1H3. The van der Waals surface area contributed by atoms with Crippen LogP contribution in [0.15, 0.2) is 91.0 Å². The molecule has 4 rings (SSSR count). The molecule has 3 aromatic carbocycles. The van der Waals surface area contributed by atoms with Crippen molar-refractivity contribution in [2.75, 3.05) is 13.1 Å². The third-order valence-electron chi connectivity index (χ3n) is 6.42. The van der Waals surface area contributed by atoms with Crippen molar-refractivity contribution in [2.24, 2.45) is 5.92 Å². The summed E-state index contributed by atoms with van der Waals surface area (Å²) in [6.07, 6.45) is 1.47. The molecule has 0 spiro atoms. The van der Waals surface area contributed by atoms with Gasteiger partial charge < -0.3 is 5.11 Å². The van der Waals surface area contributed by atoms with Crippen molar-refractivity contribution in [1.29, 1.82) is 0 Å². The lowest BCUT2D eigenvalue weighted by atomic mass is 9.72. The van der Waals surface area contributed by atoms with Crippen LogP contribution in [0, 0.1) is 5.92 Å². The Labute approximate surface area is 179 Å². The number of benzene rings is 3. The van der Waals surface area contributed by atoms with E-state index in [9.17, 15) is 9.90 Å². The average molecular weight is 400 g/mol. The van der Waals surface area contributed by atoms with E-state index in [4.69, 9.17) is 0 Å². The fraction of sp³-hybridized carbons (Fsp3) is 0.296. The Hall–Kier alpha value is -2.75. The number of hydrogen-bond donors (Lipinski definition) is 1. The maximum atomic E-state index is 13.5. The van der Waals surface area contributed by atoms with Gasteiger partial charge in [-0.1, -0.05) is 91.0 Å². The topological polar surface area (TPSA) is 40.5 Å². The quantitative estimate of drug-likeness (QED) is 0.610. The van der Waals surface area contributed by atoms with Crippen molar-refractivity contribution in [2.45, 2.75) is 31.4 Å². The van der Waals surface area contributed by atoms with E-state index in [1.807, 2.05) is 66.7 Å². The average Bonchev–Trinajstić information content (AvgIpc) is 2.80. The van der Waals surface area contributed by atoms with Crippen molar-refractivity contribution in [1.82, 2.24) is 4.90 Å². The molecule has 1 saturated heterocycles. The van der Waals surface area contributed by atoms with E-state index in [1.165, 1.54) is 5.56 Å². The van der Waals surface area contributed by atoms with E-state index in [0.717, 1.165) is 18.5 Å². The lowest BCUT2D eigenvalue weighted by molar-refractivity contribution is -0.0709. The van der Waals surface area contributed by atoms with Gasteiger partial charge in [0.25, 0.3) is 0 Å². The Bertz CT molecular complexity index is 958. The molecule has 1 aliphatic heterocycles. The van der Waals surface area contributed by atoms with Crippen molar-refractivity contribution in [3.8, 4) is 0 Å². The maximum Gasteiger partial charge on any atom is 0.170 e. The Morgan fingerprint density at radius 2 is 1.53 bits per heavy atom. The number of carbonyl (C=O) groups is 1. The molecular weight excluding hydrogens is 370 g/mol. The summed E-state index contributed by atoms with van der Waals surface area (Å²) >= 11 is 0. The first-order chi connectivity index (χ1) is 14.6. The zero-order chi connectivity index (χ0) is 21.0. The second-order valence-corrected chi connectivity index (χ2v) is 8.36. The highest BCUT2D eigenvalue weighted by molar-refractivity contribution is 5.99. The van der Waals surface area contributed by atoms with Crippen molar-refractivity contribution >= 4 is 5.78 Å². The Morgan fingerprint density at radius 3 is 2.17 bits per heavy atom. The van der Waals surface area contributed by atoms with E-state index in [1.54, 1.807) is 0 Å². The number of nitrogens with zero attached hydrogens (tertiary/aromatic N) is 1. The molecule has 0 radical (unpaired) electrons. The van der Waals surface area contributed by atoms with Gasteiger partial charge in [-0.15, -0.1) is 0 Å². The van der Waals surface area contributed by atoms with Gasteiger partial charge in [-0.2, -0.15) is 0 Å². The first kappa shape index (κ1) is 20.5. The SMILES string of the molecule is CC(Cc1ccccc1)N1CCC(O)(c2ccccc2)C(C(=O)c2ccccc2)C1. The molecule has 0 saturated carbocycles. The molecule has 1 heterocycles. The summed E-state index contributed by atoms with van der Waals surface area (Å²) in [5.74, 6) is -0.493. The molecule has 154 valence electrons. The van der Waals surface area contributed by atoms with E-state index in [-0.39, 0.29) is 5.78 Å². The monoisotopic (exact) mass is 399 g/mol. The van der Waals surface area contributed by atoms with Gasteiger partial charge >= 0.3 is 0 Å². The molecular formula is C27H29NO2. The number of ketones is 1. The van der Waals surface area contributed by atoms with Gasteiger partial charge in [0.15, 0.2) is 5.78 Å². The molecule has 0 aliphatic carbocycles. The Morgan fingerprint density at radius 1 is 0.967 bits per heavy atom. The first-order valence-corrected chi connectivity index (χ1v) is 10.7. The van der Waals surface area contributed by atoms with E-state index >= 15 is 0 Å². The van der Waals surface area contributed by atoms with Crippen LogP contribution in [0.25, 0.3) is 0 Å². The zero-order valence-electron chi connectivity index (χ0n) is 17.4. The highest BCUT2D eigenvalue weighted by atomic mass is 16.3. The smallest absolute Gasteiger partial charge is 0.170 e. The van der Waals surface area contributed by atoms with Gasteiger partial charge in [0.05, 0.1) is 5.92 Å². The van der Waals surface area contributed by atoms with Gasteiger partial charge in [0.2, 0.25) is 0 Å². The van der Waals surface area contributed by atoms with Crippen LogP contribution in [0.5, 0.6) is 0 Å². The van der Waals surface area contributed by atoms with Gasteiger partial charge in [-0.3, -0.25) is 9.69 Å². The van der Waals surface area contributed by atoms with Crippen molar-refractivity contribution in [3.05, 3.63) is 108 Å². The maximum absolute atomic E-state index is 13.5. The highest BCUT2D eigenvalue weighted by Crippen LogP contribution is 2.40. The van der Waals surface area contributed by atoms with Crippen LogP contribution >= 0.6 is 0 Å². The highest BCUT2D eigenvalue weighted by Gasteiger charge is 2.47. The molecule has 30 heavy (non-hydrogen) atoms. The second kappa shape index (κ2) is 8.95. The van der Waals surface area contributed by atoms with Crippen molar-refractivity contribution in [3.63, 3.8) is 0 Å². The predicted octanol–water partition coefficient (Wildman–Crippen LogP) is 4.71. The van der Waals surface area contributed by atoms with Crippen LogP contribution in [0.1, 0.15) is 34.8 Å². The van der Waals surface area contributed by atoms with Crippen LogP contribution in [0.4, 0.5) is 0 Å². The minimum absolute atomic E-state index is 0.0126. The number of carbonyl (C=O) groups excluding carboxylic acids is 1. The Kier molecular flexibility index (Phi) is 6.12. The summed E-state index contributed by atoms with van der Waals surface area (Å²) in [6.45, 7) is 3.52. The number of hydrogen-bond acceptors (Lipinski definition) is 3. The van der Waals surface area contributed by atoms with Gasteiger partial charge in [0.1, 0.15) is 5.60 Å². The fourth-order valence-electron chi connectivity index (χ4n) is 4.63. The molecule has 3 atom stereocenters. The molecule has 3 aromatic rings.